The summed E-state index contributed by atoms with van der Waals surface area (Å²) in [6.07, 6.45) is 1.14. The topological polar surface area (TPSA) is 84.0 Å². The molecule has 1 aromatic heterocycles. The Bertz CT molecular complexity index is 1040. The van der Waals surface area contributed by atoms with Crippen molar-refractivity contribution in [2.75, 3.05) is 26.7 Å². The molecule has 31 heavy (non-hydrogen) atoms. The second-order valence-corrected chi connectivity index (χ2v) is 11.4. The first kappa shape index (κ1) is 23.7. The third-order valence-electron chi connectivity index (χ3n) is 5.19. The summed E-state index contributed by atoms with van der Waals surface area (Å²) in [7, 11) is -2.38. The first-order chi connectivity index (χ1) is 14.7. The Hall–Kier alpha value is -1.94. The molecule has 1 saturated heterocycles. The van der Waals surface area contributed by atoms with Gasteiger partial charge in [0, 0.05) is 29.5 Å². The van der Waals surface area contributed by atoms with Gasteiger partial charge in [0.05, 0.1) is 13.0 Å². The Morgan fingerprint density at radius 3 is 2.55 bits per heavy atom. The first-order valence-electron chi connectivity index (χ1n) is 9.87. The molecular formula is C21H25ClN2O5S2. The summed E-state index contributed by atoms with van der Waals surface area (Å²) in [6, 6.07) is 10.4. The number of amides is 1. The van der Waals surface area contributed by atoms with Gasteiger partial charge in [-0.05, 0) is 49.6 Å². The summed E-state index contributed by atoms with van der Waals surface area (Å²) >= 11 is 7.16. The molecule has 0 saturated carbocycles. The molecule has 3 rings (SSSR count). The fourth-order valence-corrected chi connectivity index (χ4v) is 6.63. The van der Waals surface area contributed by atoms with E-state index in [1.165, 1.54) is 27.7 Å². The van der Waals surface area contributed by atoms with E-state index < -0.39 is 21.9 Å². The van der Waals surface area contributed by atoms with Gasteiger partial charge in [0.25, 0.3) is 10.0 Å². The maximum Gasteiger partial charge on any atom is 0.325 e. The summed E-state index contributed by atoms with van der Waals surface area (Å²) in [6.45, 7) is 2.32. The number of benzene rings is 1. The van der Waals surface area contributed by atoms with E-state index in [0.717, 1.165) is 10.4 Å². The lowest BCUT2D eigenvalue weighted by Gasteiger charge is -2.34. The second-order valence-electron chi connectivity index (χ2n) is 7.46. The predicted molar refractivity (Wildman–Crippen MR) is 119 cm³/mol. The maximum atomic E-state index is 13.3. The second kappa shape index (κ2) is 10.1. The molecule has 1 atom stereocenters. The molecule has 10 heteroatoms. The SMILES string of the molecule is COC(=O)CN(Cc1ccc(Cl)cc1)C(=O)C1CCCN(S(=O)(=O)c2ccc(C)s2)C1. The van der Waals surface area contributed by atoms with Crippen molar-refractivity contribution in [1.29, 1.82) is 0 Å². The van der Waals surface area contributed by atoms with Gasteiger partial charge in [0.1, 0.15) is 10.8 Å². The standard InChI is InChI=1S/C21H25ClN2O5S2/c1-15-5-10-20(30-15)31(27,28)24-11-3-4-17(13-24)21(26)23(14-19(25)29-2)12-16-6-8-18(22)9-7-16/h5-10,17H,3-4,11-14H2,1-2H3. The highest BCUT2D eigenvalue weighted by atomic mass is 35.5. The summed E-state index contributed by atoms with van der Waals surface area (Å²) < 4.78 is 32.4. The zero-order valence-electron chi connectivity index (χ0n) is 17.4. The molecule has 0 spiro atoms. The molecule has 1 amide bonds. The lowest BCUT2D eigenvalue weighted by atomic mass is 9.97. The first-order valence-corrected chi connectivity index (χ1v) is 12.5. The van der Waals surface area contributed by atoms with Crippen molar-refractivity contribution >= 4 is 44.8 Å². The van der Waals surface area contributed by atoms with Crippen LogP contribution in [-0.2, 0) is 30.9 Å². The van der Waals surface area contributed by atoms with Gasteiger partial charge in [0.2, 0.25) is 5.91 Å². The summed E-state index contributed by atoms with van der Waals surface area (Å²) in [4.78, 5) is 27.6. The van der Waals surface area contributed by atoms with Crippen molar-refractivity contribution in [2.24, 2.45) is 5.92 Å². The third-order valence-corrected chi connectivity index (χ3v) is 8.77. The van der Waals surface area contributed by atoms with E-state index >= 15 is 0 Å². The molecule has 1 aliphatic rings. The van der Waals surface area contributed by atoms with Crippen LogP contribution >= 0.6 is 22.9 Å². The van der Waals surface area contributed by atoms with Gasteiger partial charge < -0.3 is 9.64 Å². The lowest BCUT2D eigenvalue weighted by molar-refractivity contribution is -0.149. The quantitative estimate of drug-likeness (QED) is 0.563. The molecule has 2 heterocycles. The van der Waals surface area contributed by atoms with Crippen LogP contribution in [0.5, 0.6) is 0 Å². The average Bonchev–Trinajstić information content (AvgIpc) is 3.21. The van der Waals surface area contributed by atoms with Gasteiger partial charge in [-0.15, -0.1) is 11.3 Å². The van der Waals surface area contributed by atoms with E-state index in [9.17, 15) is 18.0 Å². The molecule has 0 radical (unpaired) electrons. The van der Waals surface area contributed by atoms with Crippen LogP contribution in [0.4, 0.5) is 0 Å². The molecule has 0 bridgehead atoms. The van der Waals surface area contributed by atoms with E-state index in [2.05, 4.69) is 0 Å². The van der Waals surface area contributed by atoms with Crippen LogP contribution in [0.1, 0.15) is 23.3 Å². The molecule has 168 valence electrons. The average molecular weight is 485 g/mol. The summed E-state index contributed by atoms with van der Waals surface area (Å²) in [5.41, 5.74) is 0.816. The third kappa shape index (κ3) is 5.85. The van der Waals surface area contributed by atoms with Crippen LogP contribution in [0.2, 0.25) is 5.02 Å². The van der Waals surface area contributed by atoms with Crippen LogP contribution in [0, 0.1) is 12.8 Å². The molecule has 1 unspecified atom stereocenters. The highest BCUT2D eigenvalue weighted by molar-refractivity contribution is 7.91. The highest BCUT2D eigenvalue weighted by Gasteiger charge is 2.36. The van der Waals surface area contributed by atoms with E-state index in [-0.39, 0.29) is 29.8 Å². The number of hydrogen-bond acceptors (Lipinski definition) is 6. The van der Waals surface area contributed by atoms with Gasteiger partial charge in [-0.3, -0.25) is 9.59 Å². The molecule has 0 aliphatic carbocycles. The number of hydrogen-bond donors (Lipinski definition) is 0. The Morgan fingerprint density at radius 2 is 1.94 bits per heavy atom. The molecule has 0 N–H and O–H groups in total. The van der Waals surface area contributed by atoms with E-state index in [4.69, 9.17) is 16.3 Å². The number of carbonyl (C=O) groups excluding carboxylic acids is 2. The summed E-state index contributed by atoms with van der Waals surface area (Å²) in [5, 5.41) is 0.575. The Morgan fingerprint density at radius 1 is 1.23 bits per heavy atom. The zero-order valence-corrected chi connectivity index (χ0v) is 19.8. The molecule has 1 aliphatic heterocycles. The summed E-state index contributed by atoms with van der Waals surface area (Å²) in [5.74, 6) is -1.32. The van der Waals surface area contributed by atoms with Gasteiger partial charge in [-0.2, -0.15) is 4.31 Å². The van der Waals surface area contributed by atoms with Crippen LogP contribution in [0.25, 0.3) is 0 Å². The minimum absolute atomic E-state index is 0.0937. The highest BCUT2D eigenvalue weighted by Crippen LogP contribution is 2.29. The number of thiophene rings is 1. The van der Waals surface area contributed by atoms with Gasteiger partial charge in [-0.1, -0.05) is 23.7 Å². The van der Waals surface area contributed by atoms with Gasteiger partial charge in [-0.25, -0.2) is 8.42 Å². The molecule has 1 fully saturated rings. The number of esters is 1. The lowest BCUT2D eigenvalue weighted by Crippen LogP contribution is -2.47. The Labute approximate surface area is 191 Å². The monoisotopic (exact) mass is 484 g/mol. The number of rotatable bonds is 7. The molecule has 2 aromatic rings. The number of halogens is 1. The molecular weight excluding hydrogens is 460 g/mol. The number of piperidine rings is 1. The fourth-order valence-electron chi connectivity index (χ4n) is 3.54. The van der Waals surface area contributed by atoms with Gasteiger partial charge >= 0.3 is 5.97 Å². The minimum atomic E-state index is -3.65. The number of ether oxygens (including phenoxy) is 1. The minimum Gasteiger partial charge on any atom is -0.468 e. The van der Waals surface area contributed by atoms with Crippen LogP contribution < -0.4 is 0 Å². The number of carbonyl (C=O) groups is 2. The zero-order chi connectivity index (χ0) is 22.6. The normalized spacial score (nSPS) is 17.3. The predicted octanol–water partition coefficient (Wildman–Crippen LogP) is 3.31. The van der Waals surface area contributed by atoms with Crippen molar-refractivity contribution in [3.63, 3.8) is 0 Å². The largest absolute Gasteiger partial charge is 0.468 e. The van der Waals surface area contributed by atoms with Crippen LogP contribution in [-0.4, -0.2) is 56.2 Å². The van der Waals surface area contributed by atoms with Crippen LogP contribution in [0.3, 0.4) is 0 Å². The number of methoxy groups -OCH3 is 1. The van der Waals surface area contributed by atoms with Gasteiger partial charge in [0.15, 0.2) is 0 Å². The molecule has 1 aromatic carbocycles. The Balaban J connectivity index is 1.77. The van der Waals surface area contributed by atoms with Crippen molar-refractivity contribution in [3.05, 3.63) is 51.9 Å². The Kier molecular flexibility index (Phi) is 7.74. The number of sulfonamides is 1. The van der Waals surface area contributed by atoms with E-state index in [1.807, 2.05) is 6.92 Å². The fraction of sp³-hybridized carbons (Fsp3) is 0.429. The number of nitrogens with zero attached hydrogens (tertiary/aromatic N) is 2. The molecule has 7 nitrogen and oxygen atoms in total. The van der Waals surface area contributed by atoms with Crippen molar-refractivity contribution in [1.82, 2.24) is 9.21 Å². The smallest absolute Gasteiger partial charge is 0.325 e. The van der Waals surface area contributed by atoms with Crippen molar-refractivity contribution in [2.45, 2.75) is 30.5 Å². The van der Waals surface area contributed by atoms with Crippen molar-refractivity contribution in [3.8, 4) is 0 Å². The van der Waals surface area contributed by atoms with E-state index in [0.29, 0.717) is 24.4 Å². The maximum absolute atomic E-state index is 13.3. The van der Waals surface area contributed by atoms with E-state index in [1.54, 1.807) is 36.4 Å². The van der Waals surface area contributed by atoms with Crippen LogP contribution in [0.15, 0.2) is 40.6 Å². The van der Waals surface area contributed by atoms with Crippen molar-refractivity contribution < 1.29 is 22.7 Å². The number of aryl methyl sites for hydroxylation is 1.